The third kappa shape index (κ3) is 4.63. The highest BCUT2D eigenvalue weighted by Crippen LogP contribution is 2.21. The predicted octanol–water partition coefficient (Wildman–Crippen LogP) is 1.99. The zero-order valence-electron chi connectivity index (χ0n) is 17.9. The van der Waals surface area contributed by atoms with Gasteiger partial charge >= 0.3 is 0 Å². The summed E-state index contributed by atoms with van der Waals surface area (Å²) in [7, 11) is 1.65. The van der Waals surface area contributed by atoms with Crippen molar-refractivity contribution >= 4 is 29.0 Å². The SMILES string of the molecule is COc1ccc(N2CCCN(C(=O)C3=NCC(=O)N(c4ccc(C)cc4)N3)CC2)cc1. The zero-order chi connectivity index (χ0) is 21.8. The van der Waals surface area contributed by atoms with Gasteiger partial charge in [0.1, 0.15) is 12.3 Å². The molecule has 0 aliphatic carbocycles. The monoisotopic (exact) mass is 421 g/mol. The Bertz CT molecular complexity index is 972. The number of amides is 2. The third-order valence-corrected chi connectivity index (χ3v) is 5.55. The van der Waals surface area contributed by atoms with Gasteiger partial charge in [-0.15, -0.1) is 0 Å². The normalized spacial score (nSPS) is 17.0. The zero-order valence-corrected chi connectivity index (χ0v) is 17.9. The van der Waals surface area contributed by atoms with Gasteiger partial charge in [0.2, 0.25) is 5.84 Å². The van der Waals surface area contributed by atoms with Crippen molar-refractivity contribution in [2.24, 2.45) is 4.99 Å². The molecule has 0 bridgehead atoms. The number of rotatable bonds is 4. The summed E-state index contributed by atoms with van der Waals surface area (Å²) in [6.45, 7) is 4.76. The van der Waals surface area contributed by atoms with E-state index in [0.717, 1.165) is 36.5 Å². The Morgan fingerprint density at radius 3 is 2.39 bits per heavy atom. The van der Waals surface area contributed by atoms with Crippen molar-refractivity contribution in [3.8, 4) is 5.75 Å². The number of aryl methyl sites for hydroxylation is 1. The number of aliphatic imine (C=N–C) groups is 1. The van der Waals surface area contributed by atoms with E-state index >= 15 is 0 Å². The molecule has 2 heterocycles. The Balaban J connectivity index is 1.41. The van der Waals surface area contributed by atoms with Crippen LogP contribution in [-0.4, -0.2) is 62.4 Å². The number of ether oxygens (including phenoxy) is 1. The maximum atomic E-state index is 13.1. The lowest BCUT2D eigenvalue weighted by Gasteiger charge is -2.30. The summed E-state index contributed by atoms with van der Waals surface area (Å²) in [6, 6.07) is 15.5. The van der Waals surface area contributed by atoms with Crippen molar-refractivity contribution in [3.05, 3.63) is 54.1 Å². The van der Waals surface area contributed by atoms with Gasteiger partial charge < -0.3 is 14.5 Å². The number of hydrazine groups is 1. The Morgan fingerprint density at radius 2 is 1.68 bits per heavy atom. The van der Waals surface area contributed by atoms with E-state index in [2.05, 4.69) is 15.3 Å². The molecule has 2 aliphatic heterocycles. The van der Waals surface area contributed by atoms with Crippen molar-refractivity contribution in [2.75, 3.05) is 49.7 Å². The van der Waals surface area contributed by atoms with E-state index in [-0.39, 0.29) is 24.2 Å². The first-order chi connectivity index (χ1) is 15.0. The summed E-state index contributed by atoms with van der Waals surface area (Å²) in [6.07, 6.45) is 0.853. The minimum absolute atomic E-state index is 0.0479. The second-order valence-electron chi connectivity index (χ2n) is 7.67. The van der Waals surface area contributed by atoms with Gasteiger partial charge in [0, 0.05) is 31.9 Å². The van der Waals surface area contributed by atoms with Gasteiger partial charge in [-0.3, -0.25) is 20.0 Å². The average molecular weight is 422 g/mol. The number of carbonyl (C=O) groups is 2. The smallest absolute Gasteiger partial charge is 0.290 e. The third-order valence-electron chi connectivity index (χ3n) is 5.55. The van der Waals surface area contributed by atoms with Crippen LogP contribution in [0.2, 0.25) is 0 Å². The molecule has 0 spiro atoms. The highest BCUT2D eigenvalue weighted by molar-refractivity contribution is 6.39. The molecular formula is C23H27N5O3. The molecule has 8 heteroatoms. The fraction of sp³-hybridized carbons (Fsp3) is 0.348. The molecule has 1 N–H and O–H groups in total. The van der Waals surface area contributed by atoms with Crippen molar-refractivity contribution in [2.45, 2.75) is 13.3 Å². The highest BCUT2D eigenvalue weighted by atomic mass is 16.5. The van der Waals surface area contributed by atoms with Gasteiger partial charge in [0.05, 0.1) is 12.8 Å². The number of hydrogen-bond donors (Lipinski definition) is 1. The molecule has 4 rings (SSSR count). The second-order valence-corrected chi connectivity index (χ2v) is 7.67. The van der Waals surface area contributed by atoms with Crippen LogP contribution in [0.1, 0.15) is 12.0 Å². The minimum atomic E-state index is -0.193. The van der Waals surface area contributed by atoms with E-state index in [1.54, 1.807) is 12.0 Å². The van der Waals surface area contributed by atoms with Crippen molar-refractivity contribution < 1.29 is 14.3 Å². The Hall–Kier alpha value is -3.55. The number of amidine groups is 1. The van der Waals surface area contributed by atoms with Gasteiger partial charge in [-0.1, -0.05) is 17.7 Å². The lowest BCUT2D eigenvalue weighted by molar-refractivity contribution is -0.124. The summed E-state index contributed by atoms with van der Waals surface area (Å²) in [5.74, 6) is 0.658. The highest BCUT2D eigenvalue weighted by Gasteiger charge is 2.29. The first-order valence-corrected chi connectivity index (χ1v) is 10.4. The predicted molar refractivity (Wildman–Crippen MR) is 121 cm³/mol. The van der Waals surface area contributed by atoms with Gasteiger partial charge in [0.25, 0.3) is 11.8 Å². The van der Waals surface area contributed by atoms with E-state index in [1.807, 2.05) is 55.5 Å². The molecule has 0 saturated carbocycles. The van der Waals surface area contributed by atoms with Crippen LogP contribution in [0.4, 0.5) is 11.4 Å². The minimum Gasteiger partial charge on any atom is -0.497 e. The number of carbonyl (C=O) groups excluding carboxylic acids is 2. The fourth-order valence-corrected chi connectivity index (χ4v) is 3.76. The largest absolute Gasteiger partial charge is 0.497 e. The van der Waals surface area contributed by atoms with Crippen LogP contribution in [0.3, 0.4) is 0 Å². The lowest BCUT2D eigenvalue weighted by Crippen LogP contribution is -2.56. The van der Waals surface area contributed by atoms with E-state index < -0.39 is 0 Å². The molecule has 162 valence electrons. The molecule has 2 aromatic rings. The van der Waals surface area contributed by atoms with Crippen molar-refractivity contribution in [3.63, 3.8) is 0 Å². The van der Waals surface area contributed by atoms with Crippen LogP contribution in [0.5, 0.6) is 5.75 Å². The maximum absolute atomic E-state index is 13.1. The molecule has 2 aliphatic rings. The second kappa shape index (κ2) is 9.07. The molecule has 1 fully saturated rings. The summed E-state index contributed by atoms with van der Waals surface area (Å²) in [5.41, 5.74) is 5.83. The number of benzene rings is 2. The molecule has 2 aromatic carbocycles. The molecule has 0 unspecified atom stereocenters. The summed E-state index contributed by atoms with van der Waals surface area (Å²) in [4.78, 5) is 33.7. The fourth-order valence-electron chi connectivity index (χ4n) is 3.76. The molecule has 0 atom stereocenters. The van der Waals surface area contributed by atoms with E-state index in [1.165, 1.54) is 5.01 Å². The standard InChI is InChI=1S/C23H27N5O3/c1-17-4-6-19(7-5-17)28-21(29)16-24-22(25-28)23(30)27-13-3-12-26(14-15-27)18-8-10-20(31-2)11-9-18/h4-11H,3,12-16H2,1-2H3,(H,24,25). The van der Waals surface area contributed by atoms with Gasteiger partial charge in [-0.2, -0.15) is 0 Å². The Morgan fingerprint density at radius 1 is 0.968 bits per heavy atom. The lowest BCUT2D eigenvalue weighted by atomic mass is 10.2. The Kier molecular flexibility index (Phi) is 6.06. The number of anilines is 2. The van der Waals surface area contributed by atoms with Gasteiger partial charge in [-0.25, -0.2) is 5.01 Å². The first-order valence-electron chi connectivity index (χ1n) is 10.4. The van der Waals surface area contributed by atoms with Crippen molar-refractivity contribution in [1.82, 2.24) is 10.3 Å². The van der Waals surface area contributed by atoms with Gasteiger partial charge in [0.15, 0.2) is 0 Å². The maximum Gasteiger partial charge on any atom is 0.290 e. The van der Waals surface area contributed by atoms with E-state index in [0.29, 0.717) is 18.8 Å². The van der Waals surface area contributed by atoms with E-state index in [9.17, 15) is 9.59 Å². The van der Waals surface area contributed by atoms with Crippen LogP contribution >= 0.6 is 0 Å². The summed E-state index contributed by atoms with van der Waals surface area (Å²) in [5, 5.41) is 1.40. The topological polar surface area (TPSA) is 77.5 Å². The molecule has 8 nitrogen and oxygen atoms in total. The van der Waals surface area contributed by atoms with Crippen LogP contribution in [0.15, 0.2) is 53.5 Å². The molecule has 31 heavy (non-hydrogen) atoms. The van der Waals surface area contributed by atoms with Crippen LogP contribution in [0.25, 0.3) is 0 Å². The number of methoxy groups -OCH3 is 1. The Labute approximate surface area is 182 Å². The van der Waals surface area contributed by atoms with Crippen LogP contribution < -0.4 is 20.1 Å². The summed E-state index contributed by atoms with van der Waals surface area (Å²) >= 11 is 0. The summed E-state index contributed by atoms with van der Waals surface area (Å²) < 4.78 is 5.23. The van der Waals surface area contributed by atoms with E-state index in [4.69, 9.17) is 4.74 Å². The number of nitrogens with zero attached hydrogens (tertiary/aromatic N) is 4. The van der Waals surface area contributed by atoms with Crippen molar-refractivity contribution in [1.29, 1.82) is 0 Å². The molecule has 2 amide bonds. The number of nitrogens with one attached hydrogen (secondary N) is 1. The quantitative estimate of drug-likeness (QED) is 0.817. The van der Waals surface area contributed by atoms with Crippen LogP contribution in [-0.2, 0) is 9.59 Å². The molecular weight excluding hydrogens is 394 g/mol. The molecule has 0 radical (unpaired) electrons. The molecule has 1 saturated heterocycles. The molecule has 0 aromatic heterocycles. The van der Waals surface area contributed by atoms with Gasteiger partial charge in [-0.05, 0) is 49.7 Å². The first kappa shape index (κ1) is 20.7. The number of hydrogen-bond acceptors (Lipinski definition) is 6. The van der Waals surface area contributed by atoms with Crippen LogP contribution in [0, 0.1) is 6.92 Å². The average Bonchev–Trinajstić information content (AvgIpc) is 3.06.